The maximum Gasteiger partial charge on any atom is 0.329 e. The van der Waals surface area contributed by atoms with Gasteiger partial charge in [-0.1, -0.05) is 30.3 Å². The number of rotatable bonds is 11. The van der Waals surface area contributed by atoms with Gasteiger partial charge in [0.25, 0.3) is 0 Å². The average Bonchev–Trinajstić information content (AvgIpc) is 3.13. The lowest BCUT2D eigenvalue weighted by molar-refractivity contribution is -0.142. The first-order valence-corrected chi connectivity index (χ1v) is 11.2. The van der Waals surface area contributed by atoms with Gasteiger partial charge in [0, 0.05) is 13.0 Å². The first-order valence-electron chi connectivity index (χ1n) is 9.42. The first-order chi connectivity index (χ1) is 13.7. The number of carboxylic acids is 2. The summed E-state index contributed by atoms with van der Waals surface area (Å²) in [5, 5.41) is 17.8. The van der Waals surface area contributed by atoms with Gasteiger partial charge in [-0.2, -0.15) is 0 Å². The molecule has 1 fully saturated rings. The van der Waals surface area contributed by atoms with Gasteiger partial charge in [0.2, 0.25) is 5.91 Å². The minimum Gasteiger partial charge on any atom is -0.481 e. The van der Waals surface area contributed by atoms with Crippen LogP contribution in [0.4, 0.5) is 0 Å². The fourth-order valence-electron chi connectivity index (χ4n) is 3.33. The zero-order chi connectivity index (χ0) is 21.4. The van der Waals surface area contributed by atoms with Crippen molar-refractivity contribution < 1.29 is 38.6 Å². The molecule has 2 rings (SSSR count). The highest BCUT2D eigenvalue weighted by Gasteiger charge is 2.34. The third-order valence-corrected chi connectivity index (χ3v) is 6.33. The number of carbonyl (C=O) groups excluding carboxylic acids is 1. The molecule has 9 nitrogen and oxygen atoms in total. The molecule has 0 aromatic heterocycles. The summed E-state index contributed by atoms with van der Waals surface area (Å²) in [6.45, 7) is 0.366. The Hall–Kier alpha value is -2.22. The third-order valence-electron chi connectivity index (χ3n) is 4.87. The SMILES string of the molecule is O=C(O)CCC(CP(=O)(O)OCC1CCCN1C(=O)Cc1ccccc1)C(=O)O. The van der Waals surface area contributed by atoms with Crippen molar-refractivity contribution in [2.24, 2.45) is 5.92 Å². The first kappa shape index (κ1) is 23.1. The maximum absolute atomic E-state index is 12.6. The van der Waals surface area contributed by atoms with Crippen LogP contribution >= 0.6 is 7.60 Å². The van der Waals surface area contributed by atoms with Crippen LogP contribution in [0.1, 0.15) is 31.2 Å². The summed E-state index contributed by atoms with van der Waals surface area (Å²) in [6.07, 6.45) is 0.262. The van der Waals surface area contributed by atoms with E-state index in [2.05, 4.69) is 0 Å². The zero-order valence-electron chi connectivity index (χ0n) is 16.0. The summed E-state index contributed by atoms with van der Waals surface area (Å²) in [4.78, 5) is 46.1. The Balaban J connectivity index is 1.90. The average molecular weight is 427 g/mol. The maximum atomic E-state index is 12.6. The van der Waals surface area contributed by atoms with E-state index in [1.165, 1.54) is 0 Å². The van der Waals surface area contributed by atoms with Gasteiger partial charge in [-0.05, 0) is 24.8 Å². The van der Waals surface area contributed by atoms with E-state index in [4.69, 9.17) is 14.7 Å². The third kappa shape index (κ3) is 7.61. The van der Waals surface area contributed by atoms with Crippen LogP contribution in [0.15, 0.2) is 30.3 Å². The number of hydrogen-bond acceptors (Lipinski definition) is 5. The Bertz CT molecular complexity index is 769. The lowest BCUT2D eigenvalue weighted by Gasteiger charge is -2.26. The molecule has 0 aliphatic carbocycles. The second kappa shape index (κ2) is 10.5. The number of likely N-dealkylation sites (tertiary alicyclic amines) is 1. The highest BCUT2D eigenvalue weighted by atomic mass is 31.2. The van der Waals surface area contributed by atoms with Gasteiger partial charge in [0.05, 0.1) is 31.1 Å². The van der Waals surface area contributed by atoms with Crippen molar-refractivity contribution in [1.82, 2.24) is 4.90 Å². The van der Waals surface area contributed by atoms with Crippen molar-refractivity contribution in [1.29, 1.82) is 0 Å². The van der Waals surface area contributed by atoms with Gasteiger partial charge in [0.1, 0.15) is 0 Å². The van der Waals surface area contributed by atoms with Gasteiger partial charge in [-0.15, -0.1) is 0 Å². The largest absolute Gasteiger partial charge is 0.481 e. The van der Waals surface area contributed by atoms with E-state index < -0.39 is 38.0 Å². The molecule has 1 amide bonds. The molecule has 0 spiro atoms. The molecule has 1 aliphatic heterocycles. The molecule has 10 heteroatoms. The van der Waals surface area contributed by atoms with Crippen LogP contribution in [0.2, 0.25) is 0 Å². The molecule has 3 N–H and O–H groups in total. The molecule has 29 heavy (non-hydrogen) atoms. The number of hydrogen-bond donors (Lipinski definition) is 3. The molecule has 3 unspecified atom stereocenters. The monoisotopic (exact) mass is 427 g/mol. The molecular formula is C19H26NO8P. The predicted molar refractivity (Wildman–Crippen MR) is 104 cm³/mol. The number of carbonyl (C=O) groups is 3. The van der Waals surface area contributed by atoms with Gasteiger partial charge in [0.15, 0.2) is 0 Å². The fraction of sp³-hybridized carbons (Fsp3) is 0.526. The van der Waals surface area contributed by atoms with Crippen LogP contribution < -0.4 is 0 Å². The van der Waals surface area contributed by atoms with Crippen molar-refractivity contribution in [3.63, 3.8) is 0 Å². The number of nitrogens with zero attached hydrogens (tertiary/aromatic N) is 1. The van der Waals surface area contributed by atoms with Gasteiger partial charge in [-0.3, -0.25) is 18.9 Å². The Labute approximate surface area is 168 Å². The number of carboxylic acid groups (broad SMARTS) is 2. The second-order valence-corrected chi connectivity index (χ2v) is 9.03. The Morgan fingerprint density at radius 1 is 1.21 bits per heavy atom. The lowest BCUT2D eigenvalue weighted by Crippen LogP contribution is -2.39. The summed E-state index contributed by atoms with van der Waals surface area (Å²) in [6, 6.07) is 8.90. The van der Waals surface area contributed by atoms with E-state index in [-0.39, 0.29) is 31.4 Å². The summed E-state index contributed by atoms with van der Waals surface area (Å²) in [5.41, 5.74) is 0.875. The highest BCUT2D eigenvalue weighted by Crippen LogP contribution is 2.45. The Kier molecular flexibility index (Phi) is 8.37. The van der Waals surface area contributed by atoms with Gasteiger partial charge in [-0.25, -0.2) is 0 Å². The van der Waals surface area contributed by atoms with E-state index in [1.54, 1.807) is 4.90 Å². The number of aliphatic carboxylic acids is 2. The molecule has 3 atom stereocenters. The topological polar surface area (TPSA) is 141 Å². The van der Waals surface area contributed by atoms with E-state index in [9.17, 15) is 23.8 Å². The zero-order valence-corrected chi connectivity index (χ0v) is 16.9. The summed E-state index contributed by atoms with van der Waals surface area (Å²) in [5.74, 6) is -3.91. The molecule has 1 aromatic rings. The van der Waals surface area contributed by atoms with Crippen molar-refractivity contribution in [3.8, 4) is 0 Å². The van der Waals surface area contributed by atoms with Crippen LogP contribution in [0, 0.1) is 5.92 Å². The molecular weight excluding hydrogens is 401 g/mol. The standard InChI is InChI=1S/C19H26NO8P/c21-17(11-14-5-2-1-3-6-14)20-10-4-7-16(20)12-28-29(26,27)13-15(19(24)25)8-9-18(22)23/h1-3,5-6,15-16H,4,7-13H2,(H,22,23)(H,24,25)(H,26,27). The fourth-order valence-corrected chi connectivity index (χ4v) is 4.74. The smallest absolute Gasteiger partial charge is 0.329 e. The lowest BCUT2D eigenvalue weighted by atomic mass is 10.1. The van der Waals surface area contributed by atoms with Crippen LogP contribution in [-0.2, 0) is 29.9 Å². The summed E-state index contributed by atoms with van der Waals surface area (Å²) < 4.78 is 17.5. The van der Waals surface area contributed by atoms with Crippen LogP contribution in [0.3, 0.4) is 0 Å². The molecule has 0 bridgehead atoms. The Morgan fingerprint density at radius 2 is 1.90 bits per heavy atom. The normalized spacial score (nSPS) is 19.5. The van der Waals surface area contributed by atoms with E-state index in [1.807, 2.05) is 30.3 Å². The minimum atomic E-state index is -4.25. The second-order valence-electron chi connectivity index (χ2n) is 7.13. The van der Waals surface area contributed by atoms with Crippen molar-refractivity contribution >= 4 is 25.4 Å². The molecule has 1 aliphatic rings. The van der Waals surface area contributed by atoms with Crippen LogP contribution in [-0.4, -0.2) is 63.2 Å². The van der Waals surface area contributed by atoms with Crippen molar-refractivity contribution in [2.75, 3.05) is 19.3 Å². The number of amides is 1. The minimum absolute atomic E-state index is 0.0973. The quantitative estimate of drug-likeness (QED) is 0.455. The van der Waals surface area contributed by atoms with Crippen LogP contribution in [0.5, 0.6) is 0 Å². The molecule has 0 radical (unpaired) electrons. The predicted octanol–water partition coefficient (Wildman–Crippen LogP) is 1.99. The molecule has 0 saturated carbocycles. The number of benzene rings is 1. The molecule has 1 saturated heterocycles. The van der Waals surface area contributed by atoms with E-state index >= 15 is 0 Å². The van der Waals surface area contributed by atoms with Crippen molar-refractivity contribution in [3.05, 3.63) is 35.9 Å². The summed E-state index contributed by atoms with van der Waals surface area (Å²) in [7, 11) is -4.25. The molecule has 1 aromatic carbocycles. The summed E-state index contributed by atoms with van der Waals surface area (Å²) >= 11 is 0. The van der Waals surface area contributed by atoms with Gasteiger partial charge < -0.3 is 24.5 Å². The van der Waals surface area contributed by atoms with Gasteiger partial charge >= 0.3 is 19.5 Å². The van der Waals surface area contributed by atoms with Crippen LogP contribution in [0.25, 0.3) is 0 Å². The van der Waals surface area contributed by atoms with Crippen molar-refractivity contribution in [2.45, 2.75) is 38.1 Å². The van der Waals surface area contributed by atoms with E-state index in [0.29, 0.717) is 13.0 Å². The highest BCUT2D eigenvalue weighted by molar-refractivity contribution is 7.52. The molecule has 1 heterocycles. The van der Waals surface area contributed by atoms with E-state index in [0.717, 1.165) is 12.0 Å². The Morgan fingerprint density at radius 3 is 2.52 bits per heavy atom. The molecule has 160 valence electrons.